The summed E-state index contributed by atoms with van der Waals surface area (Å²) in [4.78, 5) is 0. The van der Waals surface area contributed by atoms with Crippen molar-refractivity contribution in [1.29, 1.82) is 0 Å². The standard InChI is InChI=1S/C22H39NO3/c1-5-6-7-8-9-10-15-26-18-20(24)17-23-22(2,3)16-19-11-13-21(25-4)14-12-19/h11-14,20,23-24H,5-10,15-18H2,1-4H3. The van der Waals surface area contributed by atoms with Gasteiger partial charge >= 0.3 is 0 Å². The van der Waals surface area contributed by atoms with Gasteiger partial charge in [-0.25, -0.2) is 0 Å². The Kier molecular flexibility index (Phi) is 11.6. The molecule has 2 N–H and O–H groups in total. The Hall–Kier alpha value is -1.10. The Morgan fingerprint density at radius 2 is 1.69 bits per heavy atom. The lowest BCUT2D eigenvalue weighted by molar-refractivity contribution is 0.0321. The zero-order valence-electron chi connectivity index (χ0n) is 17.2. The van der Waals surface area contributed by atoms with Crippen molar-refractivity contribution in [2.75, 3.05) is 26.9 Å². The number of rotatable bonds is 15. The van der Waals surface area contributed by atoms with Crippen LogP contribution in [0.1, 0.15) is 64.9 Å². The minimum atomic E-state index is -0.467. The molecule has 0 amide bonds. The topological polar surface area (TPSA) is 50.7 Å². The first kappa shape index (κ1) is 22.9. The molecule has 0 saturated carbocycles. The van der Waals surface area contributed by atoms with Crippen LogP contribution in [0, 0.1) is 0 Å². The summed E-state index contributed by atoms with van der Waals surface area (Å²) in [5, 5.41) is 13.6. The van der Waals surface area contributed by atoms with Gasteiger partial charge in [-0.3, -0.25) is 0 Å². The van der Waals surface area contributed by atoms with Gasteiger partial charge in [0.1, 0.15) is 5.75 Å². The molecular weight excluding hydrogens is 326 g/mol. The fraction of sp³-hybridized carbons (Fsp3) is 0.727. The molecule has 0 saturated heterocycles. The number of hydrogen-bond donors (Lipinski definition) is 2. The fourth-order valence-corrected chi connectivity index (χ4v) is 2.97. The number of β-amino-alcohol motifs (C(OH)–C–C–N with tert-alkyl or cyclic N) is 1. The molecule has 1 aromatic carbocycles. The van der Waals surface area contributed by atoms with Crippen LogP contribution in [-0.4, -0.2) is 43.6 Å². The second-order valence-corrected chi connectivity index (χ2v) is 7.79. The molecule has 26 heavy (non-hydrogen) atoms. The highest BCUT2D eigenvalue weighted by Crippen LogP contribution is 2.16. The van der Waals surface area contributed by atoms with E-state index in [0.29, 0.717) is 13.2 Å². The first-order valence-electron chi connectivity index (χ1n) is 10.1. The molecule has 4 nitrogen and oxygen atoms in total. The number of benzene rings is 1. The largest absolute Gasteiger partial charge is 0.497 e. The third-order valence-corrected chi connectivity index (χ3v) is 4.57. The first-order valence-corrected chi connectivity index (χ1v) is 10.1. The summed E-state index contributed by atoms with van der Waals surface area (Å²) in [6.07, 6.45) is 7.97. The van der Waals surface area contributed by atoms with Crippen molar-refractivity contribution in [3.63, 3.8) is 0 Å². The van der Waals surface area contributed by atoms with E-state index in [9.17, 15) is 5.11 Å². The molecule has 0 aliphatic heterocycles. The van der Waals surface area contributed by atoms with Crippen LogP contribution in [0.15, 0.2) is 24.3 Å². The number of unbranched alkanes of at least 4 members (excludes halogenated alkanes) is 5. The van der Waals surface area contributed by atoms with E-state index in [0.717, 1.165) is 25.2 Å². The van der Waals surface area contributed by atoms with Crippen LogP contribution in [-0.2, 0) is 11.2 Å². The Balaban J connectivity index is 2.14. The van der Waals surface area contributed by atoms with Crippen molar-refractivity contribution in [1.82, 2.24) is 5.32 Å². The lowest BCUT2D eigenvalue weighted by Crippen LogP contribution is -2.46. The SMILES string of the molecule is CCCCCCCCOCC(O)CNC(C)(C)Cc1ccc(OC)cc1. The van der Waals surface area contributed by atoms with Gasteiger partial charge in [-0.05, 0) is 44.4 Å². The van der Waals surface area contributed by atoms with E-state index in [4.69, 9.17) is 9.47 Å². The van der Waals surface area contributed by atoms with Gasteiger partial charge in [-0.1, -0.05) is 51.2 Å². The van der Waals surface area contributed by atoms with Crippen molar-refractivity contribution in [2.45, 2.75) is 77.4 Å². The Labute approximate surface area is 160 Å². The van der Waals surface area contributed by atoms with Gasteiger partial charge in [0.25, 0.3) is 0 Å². The van der Waals surface area contributed by atoms with Gasteiger partial charge in [0, 0.05) is 18.7 Å². The second kappa shape index (κ2) is 13.1. The summed E-state index contributed by atoms with van der Waals surface area (Å²) in [7, 11) is 1.68. The van der Waals surface area contributed by atoms with E-state index in [2.05, 4.69) is 38.2 Å². The third-order valence-electron chi connectivity index (χ3n) is 4.57. The van der Waals surface area contributed by atoms with Crippen molar-refractivity contribution in [2.24, 2.45) is 0 Å². The summed E-state index contributed by atoms with van der Waals surface area (Å²) < 4.78 is 10.8. The van der Waals surface area contributed by atoms with E-state index >= 15 is 0 Å². The molecule has 0 aromatic heterocycles. The molecule has 0 aliphatic carbocycles. The summed E-state index contributed by atoms with van der Waals surface area (Å²) in [6, 6.07) is 8.14. The summed E-state index contributed by atoms with van der Waals surface area (Å²) >= 11 is 0. The maximum atomic E-state index is 10.1. The van der Waals surface area contributed by atoms with Gasteiger partial charge < -0.3 is 19.9 Å². The number of aliphatic hydroxyl groups is 1. The van der Waals surface area contributed by atoms with Gasteiger partial charge in [0.15, 0.2) is 0 Å². The summed E-state index contributed by atoms with van der Waals surface area (Å²) in [5.74, 6) is 0.873. The number of ether oxygens (including phenoxy) is 2. The number of aliphatic hydroxyl groups excluding tert-OH is 1. The normalized spacial score (nSPS) is 13.0. The van der Waals surface area contributed by atoms with Crippen LogP contribution >= 0.6 is 0 Å². The lowest BCUT2D eigenvalue weighted by atomic mass is 9.94. The van der Waals surface area contributed by atoms with Crippen LogP contribution in [0.5, 0.6) is 5.75 Å². The van der Waals surface area contributed by atoms with E-state index in [1.165, 1.54) is 37.7 Å². The maximum Gasteiger partial charge on any atom is 0.118 e. The molecule has 0 fully saturated rings. The average Bonchev–Trinajstić information content (AvgIpc) is 2.62. The zero-order chi connectivity index (χ0) is 19.3. The zero-order valence-corrected chi connectivity index (χ0v) is 17.2. The van der Waals surface area contributed by atoms with E-state index in [-0.39, 0.29) is 5.54 Å². The van der Waals surface area contributed by atoms with Crippen molar-refractivity contribution >= 4 is 0 Å². The number of nitrogens with one attached hydrogen (secondary N) is 1. The molecule has 0 bridgehead atoms. The molecule has 0 heterocycles. The first-order chi connectivity index (χ1) is 12.5. The van der Waals surface area contributed by atoms with Crippen molar-refractivity contribution < 1.29 is 14.6 Å². The molecule has 1 aromatic rings. The monoisotopic (exact) mass is 365 g/mol. The second-order valence-electron chi connectivity index (χ2n) is 7.79. The quantitative estimate of drug-likeness (QED) is 0.454. The van der Waals surface area contributed by atoms with Gasteiger partial charge in [0.2, 0.25) is 0 Å². The van der Waals surface area contributed by atoms with Crippen LogP contribution in [0.4, 0.5) is 0 Å². The Morgan fingerprint density at radius 3 is 2.35 bits per heavy atom. The van der Waals surface area contributed by atoms with Gasteiger partial charge in [0.05, 0.1) is 19.8 Å². The molecule has 150 valence electrons. The highest BCUT2D eigenvalue weighted by Gasteiger charge is 2.19. The van der Waals surface area contributed by atoms with Crippen LogP contribution in [0.2, 0.25) is 0 Å². The van der Waals surface area contributed by atoms with E-state index in [1.807, 2.05) is 12.1 Å². The Bertz CT molecular complexity index is 459. The molecule has 1 atom stereocenters. The molecule has 0 aliphatic rings. The van der Waals surface area contributed by atoms with E-state index < -0.39 is 6.10 Å². The molecular formula is C22H39NO3. The fourth-order valence-electron chi connectivity index (χ4n) is 2.97. The maximum absolute atomic E-state index is 10.1. The van der Waals surface area contributed by atoms with Crippen LogP contribution < -0.4 is 10.1 Å². The van der Waals surface area contributed by atoms with Gasteiger partial charge in [-0.2, -0.15) is 0 Å². The molecule has 0 radical (unpaired) electrons. The molecule has 4 heteroatoms. The highest BCUT2D eigenvalue weighted by atomic mass is 16.5. The minimum Gasteiger partial charge on any atom is -0.497 e. The van der Waals surface area contributed by atoms with Crippen LogP contribution in [0.3, 0.4) is 0 Å². The summed E-state index contributed by atoms with van der Waals surface area (Å²) in [5.41, 5.74) is 1.16. The highest BCUT2D eigenvalue weighted by molar-refractivity contribution is 5.28. The van der Waals surface area contributed by atoms with Crippen molar-refractivity contribution in [3.8, 4) is 5.75 Å². The minimum absolute atomic E-state index is 0.0884. The van der Waals surface area contributed by atoms with Gasteiger partial charge in [-0.15, -0.1) is 0 Å². The summed E-state index contributed by atoms with van der Waals surface area (Å²) in [6.45, 7) is 8.23. The Morgan fingerprint density at radius 1 is 1.04 bits per heavy atom. The number of hydrogen-bond acceptors (Lipinski definition) is 4. The lowest BCUT2D eigenvalue weighted by Gasteiger charge is -2.28. The van der Waals surface area contributed by atoms with Crippen LogP contribution in [0.25, 0.3) is 0 Å². The molecule has 1 rings (SSSR count). The van der Waals surface area contributed by atoms with Crippen molar-refractivity contribution in [3.05, 3.63) is 29.8 Å². The third kappa shape index (κ3) is 10.8. The smallest absolute Gasteiger partial charge is 0.118 e. The molecule has 0 spiro atoms. The molecule has 1 unspecified atom stereocenters. The predicted octanol–water partition coefficient (Wildman–Crippen LogP) is 4.34. The predicted molar refractivity (Wildman–Crippen MR) is 109 cm³/mol. The number of methoxy groups -OCH3 is 1. The van der Waals surface area contributed by atoms with E-state index in [1.54, 1.807) is 7.11 Å². The average molecular weight is 366 g/mol.